The number of benzene rings is 1. The fourth-order valence-corrected chi connectivity index (χ4v) is 2.14. The second kappa shape index (κ2) is 6.62. The van der Waals surface area contributed by atoms with Crippen molar-refractivity contribution < 1.29 is 4.39 Å². The molecule has 0 bridgehead atoms. The van der Waals surface area contributed by atoms with Crippen LogP contribution in [0, 0.1) is 5.82 Å². The van der Waals surface area contributed by atoms with Gasteiger partial charge in [-0.2, -0.15) is 0 Å². The van der Waals surface area contributed by atoms with Gasteiger partial charge in [0.15, 0.2) is 0 Å². The van der Waals surface area contributed by atoms with E-state index in [2.05, 4.69) is 30.2 Å². The van der Waals surface area contributed by atoms with Gasteiger partial charge in [0.2, 0.25) is 0 Å². The Labute approximate surface area is 120 Å². The molecule has 0 unspecified atom stereocenters. The number of aromatic nitrogens is 1. The van der Waals surface area contributed by atoms with E-state index in [1.165, 1.54) is 12.1 Å². The van der Waals surface area contributed by atoms with Gasteiger partial charge in [-0.1, -0.05) is 32.0 Å². The maximum atomic E-state index is 12.8. The zero-order valence-electron chi connectivity index (χ0n) is 12.1. The van der Waals surface area contributed by atoms with Crippen molar-refractivity contribution >= 4 is 0 Å². The second-order valence-corrected chi connectivity index (χ2v) is 5.65. The first-order valence-corrected chi connectivity index (χ1v) is 6.95. The van der Waals surface area contributed by atoms with Gasteiger partial charge in [-0.25, -0.2) is 4.39 Å². The van der Waals surface area contributed by atoms with Crippen LogP contribution in [0.4, 0.5) is 4.39 Å². The van der Waals surface area contributed by atoms with E-state index in [1.54, 1.807) is 0 Å². The predicted octanol–water partition coefficient (Wildman–Crippen LogP) is 3.33. The molecule has 0 fully saturated rings. The lowest BCUT2D eigenvalue weighted by Crippen LogP contribution is -2.34. The molecule has 0 aliphatic carbocycles. The van der Waals surface area contributed by atoms with Gasteiger partial charge in [-0.05, 0) is 42.8 Å². The number of hydrogen-bond acceptors (Lipinski definition) is 2. The minimum absolute atomic E-state index is 0.00402. The fraction of sp³-hybridized carbons (Fsp3) is 0.353. The number of halogens is 1. The highest BCUT2D eigenvalue weighted by molar-refractivity contribution is 5.17. The summed E-state index contributed by atoms with van der Waals surface area (Å²) in [6.07, 6.45) is 2.73. The quantitative estimate of drug-likeness (QED) is 0.816. The monoisotopic (exact) mass is 272 g/mol. The van der Waals surface area contributed by atoms with Crippen molar-refractivity contribution in [3.8, 4) is 0 Å². The van der Waals surface area contributed by atoms with E-state index >= 15 is 0 Å². The molecule has 0 atom stereocenters. The lowest BCUT2D eigenvalue weighted by Gasteiger charge is -2.24. The predicted molar refractivity (Wildman–Crippen MR) is 80.2 cm³/mol. The van der Waals surface area contributed by atoms with E-state index in [0.29, 0.717) is 0 Å². The second-order valence-electron chi connectivity index (χ2n) is 5.65. The summed E-state index contributed by atoms with van der Waals surface area (Å²) in [7, 11) is 0. The molecule has 0 saturated heterocycles. The summed E-state index contributed by atoms with van der Waals surface area (Å²) in [6, 6.07) is 12.7. The Hall–Kier alpha value is -1.74. The minimum atomic E-state index is -0.182. The van der Waals surface area contributed by atoms with Crippen LogP contribution in [0.3, 0.4) is 0 Å². The Kier molecular flexibility index (Phi) is 4.85. The molecule has 20 heavy (non-hydrogen) atoms. The number of rotatable bonds is 6. The largest absolute Gasteiger partial charge is 0.315 e. The van der Waals surface area contributed by atoms with E-state index < -0.39 is 0 Å². The first-order valence-electron chi connectivity index (χ1n) is 6.95. The van der Waals surface area contributed by atoms with E-state index in [4.69, 9.17) is 0 Å². The van der Waals surface area contributed by atoms with Crippen LogP contribution in [-0.2, 0) is 11.8 Å². The first-order chi connectivity index (χ1) is 9.58. The van der Waals surface area contributed by atoms with Gasteiger partial charge >= 0.3 is 0 Å². The van der Waals surface area contributed by atoms with Gasteiger partial charge in [0.05, 0.1) is 0 Å². The van der Waals surface area contributed by atoms with Crippen LogP contribution in [0.5, 0.6) is 0 Å². The molecule has 2 rings (SSSR count). The van der Waals surface area contributed by atoms with Crippen molar-refractivity contribution in [3.63, 3.8) is 0 Å². The van der Waals surface area contributed by atoms with Gasteiger partial charge in [-0.3, -0.25) is 4.98 Å². The molecule has 0 radical (unpaired) electrons. The molecule has 1 aromatic carbocycles. The molecule has 0 amide bonds. The van der Waals surface area contributed by atoms with E-state index in [0.717, 1.165) is 30.8 Å². The summed E-state index contributed by atoms with van der Waals surface area (Å²) in [5, 5.41) is 3.45. The zero-order valence-corrected chi connectivity index (χ0v) is 12.1. The third-order valence-electron chi connectivity index (χ3n) is 3.43. The minimum Gasteiger partial charge on any atom is -0.315 e. The van der Waals surface area contributed by atoms with Crippen molar-refractivity contribution in [2.24, 2.45) is 0 Å². The summed E-state index contributed by atoms with van der Waals surface area (Å²) >= 11 is 0. The highest BCUT2D eigenvalue weighted by Crippen LogP contribution is 2.19. The molecular formula is C17H21FN2. The van der Waals surface area contributed by atoms with Gasteiger partial charge in [-0.15, -0.1) is 0 Å². The van der Waals surface area contributed by atoms with Crippen LogP contribution in [-0.4, -0.2) is 18.1 Å². The lowest BCUT2D eigenvalue weighted by atomic mass is 9.88. The maximum Gasteiger partial charge on any atom is 0.123 e. The standard InChI is InChI=1S/C17H21FN2/c1-17(2,16-5-3-4-11-20-16)13-19-12-10-14-6-8-15(18)9-7-14/h3-9,11,19H,10,12-13H2,1-2H3. The molecule has 106 valence electrons. The van der Waals surface area contributed by atoms with Gasteiger partial charge < -0.3 is 5.32 Å². The summed E-state index contributed by atoms with van der Waals surface area (Å²) in [5.74, 6) is -0.182. The average molecular weight is 272 g/mol. The zero-order chi connectivity index (χ0) is 14.4. The SMILES string of the molecule is CC(C)(CNCCc1ccc(F)cc1)c1ccccn1. The van der Waals surface area contributed by atoms with Crippen LogP contribution >= 0.6 is 0 Å². The normalized spacial score (nSPS) is 11.6. The molecule has 0 spiro atoms. The Balaban J connectivity index is 1.79. The Bertz CT molecular complexity index is 520. The number of nitrogens with one attached hydrogen (secondary N) is 1. The van der Waals surface area contributed by atoms with Gasteiger partial charge in [0.1, 0.15) is 5.82 Å². The van der Waals surface area contributed by atoms with Crippen LogP contribution in [0.1, 0.15) is 25.1 Å². The van der Waals surface area contributed by atoms with Crippen molar-refractivity contribution in [1.82, 2.24) is 10.3 Å². The molecule has 1 heterocycles. The summed E-state index contributed by atoms with van der Waals surface area (Å²) in [6.45, 7) is 6.10. The average Bonchev–Trinajstić information content (AvgIpc) is 2.46. The van der Waals surface area contributed by atoms with Crippen LogP contribution in [0.2, 0.25) is 0 Å². The fourth-order valence-electron chi connectivity index (χ4n) is 2.14. The maximum absolute atomic E-state index is 12.8. The topological polar surface area (TPSA) is 24.9 Å². The van der Waals surface area contributed by atoms with Crippen LogP contribution < -0.4 is 5.32 Å². The Morgan fingerprint density at radius 3 is 2.50 bits per heavy atom. The highest BCUT2D eigenvalue weighted by atomic mass is 19.1. The van der Waals surface area contributed by atoms with Gasteiger partial charge in [0.25, 0.3) is 0 Å². The molecule has 3 heteroatoms. The Morgan fingerprint density at radius 1 is 1.10 bits per heavy atom. The number of hydrogen-bond donors (Lipinski definition) is 1. The molecule has 0 aliphatic rings. The van der Waals surface area contributed by atoms with Crippen molar-refractivity contribution in [2.75, 3.05) is 13.1 Å². The molecule has 0 aliphatic heterocycles. The van der Waals surface area contributed by atoms with Gasteiger partial charge in [0, 0.05) is 23.9 Å². The van der Waals surface area contributed by atoms with E-state index in [9.17, 15) is 4.39 Å². The summed E-state index contributed by atoms with van der Waals surface area (Å²) in [5.41, 5.74) is 2.24. The van der Waals surface area contributed by atoms with E-state index in [-0.39, 0.29) is 11.2 Å². The first kappa shape index (κ1) is 14.7. The van der Waals surface area contributed by atoms with Crippen molar-refractivity contribution in [2.45, 2.75) is 25.7 Å². The number of nitrogens with zero attached hydrogens (tertiary/aromatic N) is 1. The molecule has 2 nitrogen and oxygen atoms in total. The van der Waals surface area contributed by atoms with E-state index in [1.807, 2.05) is 30.5 Å². The Morgan fingerprint density at radius 2 is 1.85 bits per heavy atom. The smallest absolute Gasteiger partial charge is 0.123 e. The number of pyridine rings is 1. The third kappa shape index (κ3) is 4.14. The van der Waals surface area contributed by atoms with Crippen LogP contribution in [0.25, 0.3) is 0 Å². The van der Waals surface area contributed by atoms with Crippen molar-refractivity contribution in [3.05, 3.63) is 65.7 Å². The molecule has 1 aromatic heterocycles. The molecule has 2 aromatic rings. The highest BCUT2D eigenvalue weighted by Gasteiger charge is 2.20. The molecule has 1 N–H and O–H groups in total. The summed E-state index contributed by atoms with van der Waals surface area (Å²) < 4.78 is 12.8. The third-order valence-corrected chi connectivity index (χ3v) is 3.43. The van der Waals surface area contributed by atoms with Crippen molar-refractivity contribution in [1.29, 1.82) is 0 Å². The lowest BCUT2D eigenvalue weighted by molar-refractivity contribution is 0.459. The molecule has 0 saturated carbocycles. The van der Waals surface area contributed by atoms with Crippen LogP contribution in [0.15, 0.2) is 48.7 Å². The summed E-state index contributed by atoms with van der Waals surface area (Å²) in [4.78, 5) is 4.42. The molecular weight excluding hydrogens is 251 g/mol.